The lowest BCUT2D eigenvalue weighted by Gasteiger charge is -2.27. The number of hydrogen-bond acceptors (Lipinski definition) is 4. The number of morpholine rings is 1. The Morgan fingerprint density at radius 1 is 1.12 bits per heavy atom. The number of aliphatic hydroxyl groups excluding tert-OH is 1. The van der Waals surface area contributed by atoms with Gasteiger partial charge < -0.3 is 15.2 Å². The predicted molar refractivity (Wildman–Crippen MR) is 102 cm³/mol. The molecular formula is C21H26N2O3. The molecule has 0 aromatic heterocycles. The monoisotopic (exact) mass is 354 g/mol. The average Bonchev–Trinajstić information content (AvgIpc) is 2.68. The van der Waals surface area contributed by atoms with E-state index in [1.165, 1.54) is 0 Å². The zero-order valence-electron chi connectivity index (χ0n) is 15.1. The summed E-state index contributed by atoms with van der Waals surface area (Å²) in [7, 11) is 0. The zero-order chi connectivity index (χ0) is 18.4. The summed E-state index contributed by atoms with van der Waals surface area (Å²) in [5, 5.41) is 13.3. The van der Waals surface area contributed by atoms with Crippen molar-refractivity contribution in [1.82, 2.24) is 4.90 Å². The van der Waals surface area contributed by atoms with E-state index < -0.39 is 6.10 Å². The number of carbonyl (C=O) groups is 1. The Hall–Kier alpha value is -2.21. The Bertz CT molecular complexity index is 707. The Labute approximate surface area is 154 Å². The molecule has 1 saturated heterocycles. The van der Waals surface area contributed by atoms with Crippen molar-refractivity contribution in [2.24, 2.45) is 0 Å². The van der Waals surface area contributed by atoms with Crippen molar-refractivity contribution >= 4 is 11.6 Å². The van der Waals surface area contributed by atoms with Gasteiger partial charge in [-0.15, -0.1) is 0 Å². The third kappa shape index (κ3) is 5.14. The van der Waals surface area contributed by atoms with Crippen LogP contribution in [0.5, 0.6) is 0 Å². The molecule has 1 unspecified atom stereocenters. The minimum Gasteiger partial charge on any atom is -0.388 e. The van der Waals surface area contributed by atoms with Crippen LogP contribution in [0.2, 0.25) is 0 Å². The second-order valence-electron chi connectivity index (χ2n) is 6.70. The van der Waals surface area contributed by atoms with E-state index in [1.54, 1.807) is 0 Å². The van der Waals surface area contributed by atoms with Crippen molar-refractivity contribution in [3.8, 4) is 0 Å². The van der Waals surface area contributed by atoms with Crippen LogP contribution < -0.4 is 5.32 Å². The smallest absolute Gasteiger partial charge is 0.255 e. The predicted octanol–water partition coefficient (Wildman–Crippen LogP) is 3.00. The Balaban J connectivity index is 1.52. The second kappa shape index (κ2) is 8.94. The summed E-state index contributed by atoms with van der Waals surface area (Å²) in [4.78, 5) is 14.6. The van der Waals surface area contributed by atoms with E-state index in [4.69, 9.17) is 4.74 Å². The molecule has 1 atom stereocenters. The Morgan fingerprint density at radius 2 is 1.77 bits per heavy atom. The number of aliphatic hydroxyl groups is 1. The van der Waals surface area contributed by atoms with Crippen molar-refractivity contribution in [3.63, 3.8) is 0 Å². The van der Waals surface area contributed by atoms with Gasteiger partial charge in [0.2, 0.25) is 0 Å². The molecule has 2 N–H and O–H groups in total. The first-order valence-electron chi connectivity index (χ1n) is 9.08. The van der Waals surface area contributed by atoms with E-state index in [0.29, 0.717) is 12.0 Å². The molecule has 1 aliphatic heterocycles. The molecule has 0 saturated carbocycles. The minimum atomic E-state index is -0.500. The fraction of sp³-hybridized carbons (Fsp3) is 0.381. The van der Waals surface area contributed by atoms with E-state index in [1.807, 2.05) is 55.5 Å². The molecule has 2 aromatic carbocycles. The van der Waals surface area contributed by atoms with Gasteiger partial charge in [-0.2, -0.15) is 0 Å². The standard InChI is InChI=1S/C21H26N2O3/c1-16-2-4-18(5-3-16)21(25)22-19-8-6-17(7-9-19)20(24)10-11-23-12-14-26-15-13-23/h2-9,20,24H,10-15H2,1H3,(H,22,25). The van der Waals surface area contributed by atoms with E-state index in [2.05, 4.69) is 10.2 Å². The maximum atomic E-state index is 12.2. The van der Waals surface area contributed by atoms with E-state index in [-0.39, 0.29) is 5.91 Å². The van der Waals surface area contributed by atoms with Gasteiger partial charge in [0, 0.05) is 30.9 Å². The normalized spacial score (nSPS) is 16.2. The van der Waals surface area contributed by atoms with Crippen LogP contribution in [0.1, 0.15) is 34.0 Å². The summed E-state index contributed by atoms with van der Waals surface area (Å²) in [5.74, 6) is -0.134. The molecule has 1 fully saturated rings. The number of benzene rings is 2. The van der Waals surface area contributed by atoms with Crippen molar-refractivity contribution in [1.29, 1.82) is 0 Å². The number of rotatable bonds is 6. The van der Waals surface area contributed by atoms with Gasteiger partial charge in [-0.25, -0.2) is 0 Å². The highest BCUT2D eigenvalue weighted by molar-refractivity contribution is 6.04. The maximum Gasteiger partial charge on any atom is 0.255 e. The van der Waals surface area contributed by atoms with E-state index in [9.17, 15) is 9.90 Å². The lowest BCUT2D eigenvalue weighted by molar-refractivity contribution is 0.0300. The summed E-state index contributed by atoms with van der Waals surface area (Å²) in [6, 6.07) is 14.9. The van der Waals surface area contributed by atoms with Crippen LogP contribution >= 0.6 is 0 Å². The fourth-order valence-corrected chi connectivity index (χ4v) is 2.99. The number of hydrogen-bond donors (Lipinski definition) is 2. The van der Waals surface area contributed by atoms with Gasteiger partial charge in [-0.3, -0.25) is 9.69 Å². The number of ether oxygens (including phenoxy) is 1. The van der Waals surface area contributed by atoms with E-state index >= 15 is 0 Å². The van der Waals surface area contributed by atoms with Gasteiger partial charge in [-0.1, -0.05) is 29.8 Å². The third-order valence-corrected chi connectivity index (χ3v) is 4.69. The second-order valence-corrected chi connectivity index (χ2v) is 6.70. The van der Waals surface area contributed by atoms with Crippen LogP contribution in [0.25, 0.3) is 0 Å². The molecule has 2 aromatic rings. The highest BCUT2D eigenvalue weighted by Gasteiger charge is 2.14. The largest absolute Gasteiger partial charge is 0.388 e. The van der Waals surface area contributed by atoms with Crippen LogP contribution in [0.4, 0.5) is 5.69 Å². The van der Waals surface area contributed by atoms with Crippen molar-refractivity contribution in [2.45, 2.75) is 19.4 Å². The Morgan fingerprint density at radius 3 is 2.42 bits per heavy atom. The molecule has 0 aliphatic carbocycles. The molecule has 5 nitrogen and oxygen atoms in total. The van der Waals surface area contributed by atoms with Crippen molar-refractivity contribution in [3.05, 3.63) is 65.2 Å². The number of amides is 1. The summed E-state index contributed by atoms with van der Waals surface area (Å²) in [5.41, 5.74) is 3.34. The number of carbonyl (C=O) groups excluding carboxylic acids is 1. The van der Waals surface area contributed by atoms with Gasteiger partial charge in [0.25, 0.3) is 5.91 Å². The molecule has 0 spiro atoms. The van der Waals surface area contributed by atoms with Gasteiger partial charge in [0.05, 0.1) is 19.3 Å². The number of nitrogens with zero attached hydrogens (tertiary/aromatic N) is 1. The van der Waals surface area contributed by atoms with Gasteiger partial charge in [0.1, 0.15) is 0 Å². The summed E-state index contributed by atoms with van der Waals surface area (Å²) < 4.78 is 5.34. The van der Waals surface area contributed by atoms with Gasteiger partial charge in [-0.05, 0) is 43.2 Å². The molecule has 3 rings (SSSR count). The fourth-order valence-electron chi connectivity index (χ4n) is 2.99. The SMILES string of the molecule is Cc1ccc(C(=O)Nc2ccc(C(O)CCN3CCOCC3)cc2)cc1. The quantitative estimate of drug-likeness (QED) is 0.837. The van der Waals surface area contributed by atoms with Gasteiger partial charge in [0.15, 0.2) is 0 Å². The number of nitrogens with one attached hydrogen (secondary N) is 1. The average molecular weight is 354 g/mol. The topological polar surface area (TPSA) is 61.8 Å². The molecule has 1 amide bonds. The van der Waals surface area contributed by atoms with E-state index in [0.717, 1.165) is 49.7 Å². The third-order valence-electron chi connectivity index (χ3n) is 4.69. The van der Waals surface area contributed by atoms with Crippen LogP contribution in [0, 0.1) is 6.92 Å². The number of anilines is 1. The van der Waals surface area contributed by atoms with Gasteiger partial charge >= 0.3 is 0 Å². The lowest BCUT2D eigenvalue weighted by Crippen LogP contribution is -2.37. The minimum absolute atomic E-state index is 0.134. The van der Waals surface area contributed by atoms with Crippen LogP contribution in [0.3, 0.4) is 0 Å². The lowest BCUT2D eigenvalue weighted by atomic mass is 10.1. The zero-order valence-corrected chi connectivity index (χ0v) is 15.1. The molecule has 1 heterocycles. The highest BCUT2D eigenvalue weighted by Crippen LogP contribution is 2.20. The van der Waals surface area contributed by atoms with Crippen molar-refractivity contribution in [2.75, 3.05) is 38.2 Å². The van der Waals surface area contributed by atoms with Crippen LogP contribution in [-0.2, 0) is 4.74 Å². The highest BCUT2D eigenvalue weighted by atomic mass is 16.5. The number of aryl methyl sites for hydroxylation is 1. The molecule has 138 valence electrons. The van der Waals surface area contributed by atoms with Crippen LogP contribution in [-0.4, -0.2) is 48.8 Å². The molecule has 5 heteroatoms. The molecular weight excluding hydrogens is 328 g/mol. The summed E-state index contributed by atoms with van der Waals surface area (Å²) in [6.45, 7) is 6.24. The molecule has 1 aliphatic rings. The molecule has 0 radical (unpaired) electrons. The Kier molecular flexibility index (Phi) is 6.39. The van der Waals surface area contributed by atoms with Crippen LogP contribution in [0.15, 0.2) is 48.5 Å². The first kappa shape index (κ1) is 18.6. The first-order chi connectivity index (χ1) is 12.6. The summed E-state index contributed by atoms with van der Waals surface area (Å²) >= 11 is 0. The molecule has 0 bridgehead atoms. The molecule has 26 heavy (non-hydrogen) atoms. The first-order valence-corrected chi connectivity index (χ1v) is 9.08. The van der Waals surface area contributed by atoms with Crippen molar-refractivity contribution < 1.29 is 14.6 Å². The summed E-state index contributed by atoms with van der Waals surface area (Å²) in [6.07, 6.45) is 0.189. The maximum absolute atomic E-state index is 12.2.